The number of carbonyl (C=O) groups is 1. The van der Waals surface area contributed by atoms with Crippen LogP contribution in [0.15, 0.2) is 65.7 Å². The second-order valence-electron chi connectivity index (χ2n) is 4.96. The van der Waals surface area contributed by atoms with Crippen LogP contribution < -0.4 is 5.32 Å². The van der Waals surface area contributed by atoms with Gasteiger partial charge in [-0.1, -0.05) is 30.3 Å². The molecule has 1 N–H and O–H groups in total. The Bertz CT molecular complexity index is 852. The van der Waals surface area contributed by atoms with E-state index in [1.807, 2.05) is 30.3 Å². The summed E-state index contributed by atoms with van der Waals surface area (Å²) < 4.78 is 21.4. The first kappa shape index (κ1) is 16.2. The zero-order chi connectivity index (χ0) is 16.9. The van der Waals surface area contributed by atoms with Crippen molar-refractivity contribution < 1.29 is 13.9 Å². The van der Waals surface area contributed by atoms with Gasteiger partial charge in [0, 0.05) is 11.9 Å². The van der Waals surface area contributed by atoms with E-state index in [-0.39, 0.29) is 6.61 Å². The van der Waals surface area contributed by atoms with E-state index in [0.717, 1.165) is 5.56 Å². The van der Waals surface area contributed by atoms with Crippen LogP contribution in [-0.4, -0.2) is 15.6 Å². The first-order valence-electron chi connectivity index (χ1n) is 7.09. The first-order valence-corrected chi connectivity index (χ1v) is 7.88. The molecule has 122 valence electrons. The van der Waals surface area contributed by atoms with E-state index in [0.29, 0.717) is 16.0 Å². The normalized spacial score (nSPS) is 10.4. The highest BCUT2D eigenvalue weighted by atomic mass is 79.9. The average molecular weight is 390 g/mol. The third-order valence-corrected chi connectivity index (χ3v) is 3.65. The quantitative estimate of drug-likeness (QED) is 0.713. The number of aromatic nitrogens is 2. The molecular weight excluding hydrogens is 377 g/mol. The molecule has 0 aliphatic rings. The number of nitrogens with zero attached hydrogens (tertiary/aromatic N) is 2. The molecule has 24 heavy (non-hydrogen) atoms. The minimum absolute atomic E-state index is 0.149. The summed E-state index contributed by atoms with van der Waals surface area (Å²) in [4.78, 5) is 15.8. The fraction of sp³-hybridized carbons (Fsp3) is 0.0588. The summed E-state index contributed by atoms with van der Waals surface area (Å²) in [7, 11) is 0. The highest BCUT2D eigenvalue weighted by molar-refractivity contribution is 9.10. The minimum atomic E-state index is -0.642. The maximum Gasteiger partial charge on any atom is 0.411 e. The number of ether oxygens (including phenoxy) is 1. The van der Waals surface area contributed by atoms with E-state index in [2.05, 4.69) is 26.2 Å². The predicted octanol–water partition coefficient (Wildman–Crippen LogP) is 4.52. The van der Waals surface area contributed by atoms with Gasteiger partial charge in [0.05, 0.1) is 5.69 Å². The number of anilines is 1. The molecule has 1 amide bonds. The number of carbonyl (C=O) groups excluding carboxylic acids is 1. The van der Waals surface area contributed by atoms with Gasteiger partial charge in [0.25, 0.3) is 0 Å². The van der Waals surface area contributed by atoms with E-state index in [4.69, 9.17) is 4.74 Å². The molecular formula is C17H13BrFN3O2. The molecule has 0 unspecified atom stereocenters. The Morgan fingerprint density at radius 3 is 2.71 bits per heavy atom. The largest absolute Gasteiger partial charge is 0.444 e. The summed E-state index contributed by atoms with van der Waals surface area (Å²) in [5.41, 5.74) is 1.52. The number of rotatable bonds is 4. The smallest absolute Gasteiger partial charge is 0.411 e. The summed E-state index contributed by atoms with van der Waals surface area (Å²) >= 11 is 3.21. The molecule has 1 heterocycles. The fourth-order valence-electron chi connectivity index (χ4n) is 2.10. The molecule has 5 nitrogen and oxygen atoms in total. The Labute approximate surface area is 146 Å². The van der Waals surface area contributed by atoms with Crippen LogP contribution in [0.5, 0.6) is 0 Å². The van der Waals surface area contributed by atoms with Crippen LogP contribution >= 0.6 is 15.9 Å². The zero-order valence-electron chi connectivity index (χ0n) is 12.4. The summed E-state index contributed by atoms with van der Waals surface area (Å²) in [6, 6.07) is 13.7. The molecule has 0 saturated heterocycles. The fourth-order valence-corrected chi connectivity index (χ4v) is 2.41. The predicted molar refractivity (Wildman–Crippen MR) is 91.5 cm³/mol. The Morgan fingerprint density at radius 1 is 1.25 bits per heavy atom. The first-order chi connectivity index (χ1) is 11.6. The van der Waals surface area contributed by atoms with E-state index in [1.54, 1.807) is 18.3 Å². The van der Waals surface area contributed by atoms with Gasteiger partial charge in [0.2, 0.25) is 0 Å². The Balaban J connectivity index is 1.63. The molecule has 0 aliphatic carbocycles. The lowest BCUT2D eigenvalue weighted by molar-refractivity contribution is 0.155. The number of nitrogens with one attached hydrogen (secondary N) is 1. The number of benzene rings is 2. The Morgan fingerprint density at radius 2 is 2.04 bits per heavy atom. The van der Waals surface area contributed by atoms with Crippen molar-refractivity contribution >= 4 is 27.7 Å². The molecule has 0 saturated carbocycles. The molecule has 7 heteroatoms. The van der Waals surface area contributed by atoms with Crippen molar-refractivity contribution in [3.8, 4) is 5.69 Å². The van der Waals surface area contributed by atoms with Gasteiger partial charge in [-0.2, -0.15) is 0 Å². The lowest BCUT2D eigenvalue weighted by Crippen LogP contribution is -2.13. The van der Waals surface area contributed by atoms with Crippen molar-refractivity contribution in [2.75, 3.05) is 5.32 Å². The molecule has 0 radical (unpaired) electrons. The van der Waals surface area contributed by atoms with Crippen LogP contribution in [0, 0.1) is 5.82 Å². The lowest BCUT2D eigenvalue weighted by Gasteiger charge is -2.09. The van der Waals surface area contributed by atoms with E-state index in [9.17, 15) is 9.18 Å². The van der Waals surface area contributed by atoms with E-state index in [1.165, 1.54) is 17.0 Å². The summed E-state index contributed by atoms with van der Waals surface area (Å²) in [5, 5.41) is 2.50. The maximum atomic E-state index is 14.2. The molecule has 0 atom stereocenters. The topological polar surface area (TPSA) is 56.2 Å². The second kappa shape index (κ2) is 7.27. The minimum Gasteiger partial charge on any atom is -0.444 e. The van der Waals surface area contributed by atoms with Crippen molar-refractivity contribution in [3.63, 3.8) is 0 Å². The van der Waals surface area contributed by atoms with Crippen LogP contribution in [0.3, 0.4) is 0 Å². The molecule has 0 fully saturated rings. The standard InChI is InChI=1S/C17H13BrFN3O2/c18-16-9-22(11-20-16)15-7-6-13(8-14(15)19)21-17(23)24-10-12-4-2-1-3-5-12/h1-9,11H,10H2,(H,21,23). The third-order valence-electron chi connectivity index (χ3n) is 3.24. The van der Waals surface area contributed by atoms with Crippen molar-refractivity contribution in [1.29, 1.82) is 0 Å². The maximum absolute atomic E-state index is 14.2. The number of hydrogen-bond acceptors (Lipinski definition) is 3. The van der Waals surface area contributed by atoms with Crippen molar-refractivity contribution in [2.24, 2.45) is 0 Å². The average Bonchev–Trinajstić information content (AvgIpc) is 3.00. The van der Waals surface area contributed by atoms with Crippen molar-refractivity contribution in [2.45, 2.75) is 6.61 Å². The third kappa shape index (κ3) is 3.99. The molecule has 0 aliphatic heterocycles. The van der Waals surface area contributed by atoms with E-state index >= 15 is 0 Å². The van der Waals surface area contributed by atoms with Gasteiger partial charge in [-0.15, -0.1) is 0 Å². The number of amides is 1. The number of hydrogen-bond donors (Lipinski definition) is 1. The van der Waals surface area contributed by atoms with Crippen LogP contribution in [0.1, 0.15) is 5.56 Å². The summed E-state index contributed by atoms with van der Waals surface area (Å²) in [6.45, 7) is 0.149. The van der Waals surface area contributed by atoms with Gasteiger partial charge in [-0.25, -0.2) is 14.2 Å². The van der Waals surface area contributed by atoms with Gasteiger partial charge in [-0.3, -0.25) is 5.32 Å². The Hall–Kier alpha value is -2.67. The lowest BCUT2D eigenvalue weighted by atomic mass is 10.2. The van der Waals surface area contributed by atoms with Gasteiger partial charge >= 0.3 is 6.09 Å². The summed E-state index contributed by atoms with van der Waals surface area (Å²) in [6.07, 6.45) is 2.49. The SMILES string of the molecule is O=C(Nc1ccc(-n2cnc(Br)c2)c(F)c1)OCc1ccccc1. The van der Waals surface area contributed by atoms with Gasteiger partial charge in [0.15, 0.2) is 0 Å². The molecule has 1 aromatic heterocycles. The molecule has 0 spiro atoms. The highest BCUT2D eigenvalue weighted by Gasteiger charge is 2.09. The van der Waals surface area contributed by atoms with Crippen LogP contribution in [0.25, 0.3) is 5.69 Å². The van der Waals surface area contributed by atoms with Crippen LogP contribution in [0.4, 0.5) is 14.9 Å². The number of halogens is 2. The number of imidazole rings is 1. The molecule has 2 aromatic carbocycles. The van der Waals surface area contributed by atoms with Gasteiger partial charge in [0.1, 0.15) is 23.4 Å². The van der Waals surface area contributed by atoms with Crippen LogP contribution in [0.2, 0.25) is 0 Å². The second-order valence-corrected chi connectivity index (χ2v) is 5.77. The molecule has 3 aromatic rings. The highest BCUT2D eigenvalue weighted by Crippen LogP contribution is 2.20. The van der Waals surface area contributed by atoms with Gasteiger partial charge in [-0.05, 0) is 39.7 Å². The zero-order valence-corrected chi connectivity index (χ0v) is 14.0. The Kier molecular flexibility index (Phi) is 4.90. The van der Waals surface area contributed by atoms with Crippen molar-refractivity contribution in [1.82, 2.24) is 9.55 Å². The molecule has 0 bridgehead atoms. The van der Waals surface area contributed by atoms with Crippen molar-refractivity contribution in [3.05, 3.63) is 77.0 Å². The molecule has 3 rings (SSSR count). The van der Waals surface area contributed by atoms with E-state index < -0.39 is 11.9 Å². The summed E-state index contributed by atoms with van der Waals surface area (Å²) in [5.74, 6) is -0.485. The van der Waals surface area contributed by atoms with Crippen LogP contribution in [-0.2, 0) is 11.3 Å². The monoisotopic (exact) mass is 389 g/mol. The van der Waals surface area contributed by atoms with Gasteiger partial charge < -0.3 is 9.30 Å².